The number of hydrogen-bond acceptors (Lipinski definition) is 2. The summed E-state index contributed by atoms with van der Waals surface area (Å²) in [5.41, 5.74) is 1.78. The lowest BCUT2D eigenvalue weighted by Gasteiger charge is -1.83. The van der Waals surface area contributed by atoms with Crippen LogP contribution in [-0.2, 0) is 0 Å². The quantitative estimate of drug-likeness (QED) is 0.467. The summed E-state index contributed by atoms with van der Waals surface area (Å²) in [5, 5.41) is 5.50. The summed E-state index contributed by atoms with van der Waals surface area (Å²) in [7, 11) is 0. The molecule has 0 fully saturated rings. The summed E-state index contributed by atoms with van der Waals surface area (Å²) < 4.78 is 0. The first-order chi connectivity index (χ1) is 5.13. The zero-order valence-corrected chi connectivity index (χ0v) is 7.39. The molecule has 0 bridgehead atoms. The van der Waals surface area contributed by atoms with Crippen molar-refractivity contribution in [3.63, 3.8) is 0 Å². The van der Waals surface area contributed by atoms with Gasteiger partial charge in [-0.2, -0.15) is 0 Å². The number of allylic oxidation sites excluding steroid dienone is 1. The predicted octanol–water partition coefficient (Wildman–Crippen LogP) is 2.29. The fourth-order valence-corrected chi connectivity index (χ4v) is 0.243. The molecule has 0 unspecified atom stereocenters. The molecule has 62 valence electrons. The molecule has 0 amide bonds. The normalized spacial score (nSPS) is 8.27. The van der Waals surface area contributed by atoms with Crippen molar-refractivity contribution < 1.29 is 0 Å². The Labute approximate surface area is 68.1 Å². The highest BCUT2D eigenvalue weighted by molar-refractivity contribution is 5.86. The van der Waals surface area contributed by atoms with Gasteiger partial charge in [0.15, 0.2) is 0 Å². The third-order valence-electron chi connectivity index (χ3n) is 0.594. The van der Waals surface area contributed by atoms with Crippen molar-refractivity contribution in [2.24, 2.45) is 9.98 Å². The van der Waals surface area contributed by atoms with Crippen LogP contribution in [0.3, 0.4) is 0 Å². The SMILES string of the molecule is C=C(C)N=CN=C(C)C.C=N. The molecule has 0 aliphatic rings. The van der Waals surface area contributed by atoms with E-state index in [1.54, 1.807) is 0 Å². The monoisotopic (exact) mass is 153 g/mol. The molecule has 0 aromatic rings. The van der Waals surface area contributed by atoms with Gasteiger partial charge in [-0.1, -0.05) is 6.58 Å². The molecule has 0 aromatic heterocycles. The highest BCUT2D eigenvalue weighted by Crippen LogP contribution is 1.84. The smallest absolute Gasteiger partial charge is 0.115 e. The molecule has 0 aromatic carbocycles. The minimum absolute atomic E-state index is 0.778. The zero-order chi connectivity index (χ0) is 9.28. The zero-order valence-electron chi connectivity index (χ0n) is 7.39. The topological polar surface area (TPSA) is 48.6 Å². The maximum absolute atomic E-state index is 5.50. The highest BCUT2D eigenvalue weighted by Gasteiger charge is 1.72. The molecule has 0 radical (unpaired) electrons. The minimum atomic E-state index is 0.778. The van der Waals surface area contributed by atoms with Crippen LogP contribution in [0.25, 0.3) is 0 Å². The molecule has 11 heavy (non-hydrogen) atoms. The van der Waals surface area contributed by atoms with Crippen LogP contribution in [0, 0.1) is 5.41 Å². The van der Waals surface area contributed by atoms with Crippen molar-refractivity contribution in [1.29, 1.82) is 5.41 Å². The van der Waals surface area contributed by atoms with Crippen LogP contribution in [-0.4, -0.2) is 18.8 Å². The first kappa shape index (κ1) is 12.4. The van der Waals surface area contributed by atoms with Gasteiger partial charge in [0.25, 0.3) is 0 Å². The van der Waals surface area contributed by atoms with Crippen LogP contribution in [0.1, 0.15) is 20.8 Å². The molecule has 0 aliphatic heterocycles. The van der Waals surface area contributed by atoms with Gasteiger partial charge in [-0.05, 0) is 27.5 Å². The average molecular weight is 153 g/mol. The van der Waals surface area contributed by atoms with Crippen LogP contribution < -0.4 is 0 Å². The van der Waals surface area contributed by atoms with E-state index in [1.807, 2.05) is 20.8 Å². The van der Waals surface area contributed by atoms with E-state index in [0.717, 1.165) is 11.4 Å². The Morgan fingerprint density at radius 1 is 1.27 bits per heavy atom. The fourth-order valence-electron chi connectivity index (χ4n) is 0.243. The maximum Gasteiger partial charge on any atom is 0.115 e. The van der Waals surface area contributed by atoms with Crippen LogP contribution in [0.4, 0.5) is 0 Å². The molecule has 3 heteroatoms. The van der Waals surface area contributed by atoms with Gasteiger partial charge in [-0.15, -0.1) is 0 Å². The summed E-state index contributed by atoms with van der Waals surface area (Å²) >= 11 is 0. The van der Waals surface area contributed by atoms with E-state index in [-0.39, 0.29) is 0 Å². The standard InChI is InChI=1S/C7H12N2.CH3N/c1-6(2)8-5-9-7(3)4;1-2/h5H,1H2,2-4H3;2H,1H2. The van der Waals surface area contributed by atoms with Gasteiger partial charge in [0.05, 0.1) is 0 Å². The third-order valence-corrected chi connectivity index (χ3v) is 0.594. The third kappa shape index (κ3) is 17.7. The molecule has 0 atom stereocenters. The van der Waals surface area contributed by atoms with Crippen LogP contribution >= 0.6 is 0 Å². The van der Waals surface area contributed by atoms with Crippen molar-refractivity contribution in [1.82, 2.24) is 0 Å². The molecule has 0 heterocycles. The summed E-state index contributed by atoms with van der Waals surface area (Å²) in [6.07, 6.45) is 1.51. The maximum atomic E-state index is 5.50. The van der Waals surface area contributed by atoms with E-state index < -0.39 is 0 Å². The summed E-state index contributed by atoms with van der Waals surface area (Å²) in [5.74, 6) is 0. The van der Waals surface area contributed by atoms with E-state index >= 15 is 0 Å². The summed E-state index contributed by atoms with van der Waals surface area (Å²) in [6, 6.07) is 0. The van der Waals surface area contributed by atoms with Crippen LogP contribution in [0.2, 0.25) is 0 Å². The van der Waals surface area contributed by atoms with Crippen LogP contribution in [0.15, 0.2) is 22.3 Å². The van der Waals surface area contributed by atoms with Gasteiger partial charge in [0, 0.05) is 11.4 Å². The fraction of sp³-hybridized carbons (Fsp3) is 0.375. The molecule has 3 nitrogen and oxygen atoms in total. The number of aliphatic imine (C=N–C) groups is 2. The Morgan fingerprint density at radius 3 is 2.00 bits per heavy atom. The van der Waals surface area contributed by atoms with E-state index in [0.29, 0.717) is 0 Å². The predicted molar refractivity (Wildman–Crippen MR) is 51.9 cm³/mol. The van der Waals surface area contributed by atoms with Gasteiger partial charge < -0.3 is 5.41 Å². The number of nitrogens with one attached hydrogen (secondary N) is 1. The molecule has 0 rings (SSSR count). The lowest BCUT2D eigenvalue weighted by molar-refractivity contribution is 1.33. The Hall–Kier alpha value is -1.25. The van der Waals surface area contributed by atoms with Crippen molar-refractivity contribution in [3.8, 4) is 0 Å². The van der Waals surface area contributed by atoms with Gasteiger partial charge in [0.2, 0.25) is 0 Å². The molecular formula is C8H15N3. The molecule has 1 N–H and O–H groups in total. The Kier molecular flexibility index (Phi) is 9.89. The number of nitrogens with zero attached hydrogens (tertiary/aromatic N) is 2. The Morgan fingerprint density at radius 2 is 1.73 bits per heavy atom. The van der Waals surface area contributed by atoms with E-state index in [9.17, 15) is 0 Å². The van der Waals surface area contributed by atoms with Crippen LogP contribution in [0.5, 0.6) is 0 Å². The van der Waals surface area contributed by atoms with E-state index in [4.69, 9.17) is 5.41 Å². The second-order valence-electron chi connectivity index (χ2n) is 2.06. The number of hydrogen-bond donors (Lipinski definition) is 1. The lowest BCUT2D eigenvalue weighted by atomic mass is 10.5. The molecule has 0 aliphatic carbocycles. The lowest BCUT2D eigenvalue weighted by Crippen LogP contribution is -1.79. The van der Waals surface area contributed by atoms with Crippen molar-refractivity contribution in [2.75, 3.05) is 0 Å². The Bertz CT molecular complexity index is 164. The first-order valence-corrected chi connectivity index (χ1v) is 3.17. The van der Waals surface area contributed by atoms with Gasteiger partial charge in [-0.25, -0.2) is 9.98 Å². The second kappa shape index (κ2) is 8.75. The molecule has 0 saturated heterocycles. The second-order valence-corrected chi connectivity index (χ2v) is 2.06. The largest absolute Gasteiger partial charge is 0.317 e. The van der Waals surface area contributed by atoms with Gasteiger partial charge in [-0.3, -0.25) is 0 Å². The van der Waals surface area contributed by atoms with E-state index in [2.05, 4.69) is 23.3 Å². The van der Waals surface area contributed by atoms with E-state index in [1.165, 1.54) is 6.34 Å². The summed E-state index contributed by atoms with van der Waals surface area (Å²) in [4.78, 5) is 7.79. The van der Waals surface area contributed by atoms with Gasteiger partial charge in [0.1, 0.15) is 6.34 Å². The number of rotatable bonds is 2. The summed E-state index contributed by atoms with van der Waals surface area (Å²) in [6.45, 7) is 11.8. The first-order valence-electron chi connectivity index (χ1n) is 3.17. The average Bonchev–Trinajstić information content (AvgIpc) is 1.90. The van der Waals surface area contributed by atoms with Crippen molar-refractivity contribution in [2.45, 2.75) is 20.8 Å². The molecular weight excluding hydrogens is 138 g/mol. The molecule has 0 spiro atoms. The molecule has 0 saturated carbocycles. The van der Waals surface area contributed by atoms with Gasteiger partial charge >= 0.3 is 0 Å². The highest BCUT2D eigenvalue weighted by atomic mass is 14.9. The van der Waals surface area contributed by atoms with Crippen molar-refractivity contribution in [3.05, 3.63) is 12.3 Å². The van der Waals surface area contributed by atoms with Crippen molar-refractivity contribution >= 4 is 18.8 Å². The Balaban J connectivity index is 0. The minimum Gasteiger partial charge on any atom is -0.317 e.